The van der Waals surface area contributed by atoms with Crippen LogP contribution in [0.5, 0.6) is 0 Å². The lowest BCUT2D eigenvalue weighted by Gasteiger charge is -2.16. The van der Waals surface area contributed by atoms with E-state index in [0.29, 0.717) is 28.2 Å². The summed E-state index contributed by atoms with van der Waals surface area (Å²) in [7, 11) is 0. The molecule has 1 aliphatic carbocycles. The highest BCUT2D eigenvalue weighted by Crippen LogP contribution is 2.36. The monoisotopic (exact) mass is 419 g/mol. The maximum atomic E-state index is 12.7. The van der Waals surface area contributed by atoms with Crippen molar-refractivity contribution >= 4 is 16.8 Å². The molecule has 1 fully saturated rings. The van der Waals surface area contributed by atoms with Crippen molar-refractivity contribution in [2.45, 2.75) is 51.5 Å². The number of aromatic nitrogens is 4. The molecule has 0 bridgehead atoms. The fourth-order valence-electron chi connectivity index (χ4n) is 3.46. The van der Waals surface area contributed by atoms with E-state index in [1.807, 2.05) is 4.68 Å². The zero-order valence-corrected chi connectivity index (χ0v) is 16.4. The second-order valence-corrected chi connectivity index (χ2v) is 7.54. The number of benzene rings is 1. The van der Waals surface area contributed by atoms with Crippen molar-refractivity contribution < 1.29 is 18.0 Å². The van der Waals surface area contributed by atoms with Crippen LogP contribution in [0.3, 0.4) is 0 Å². The summed E-state index contributed by atoms with van der Waals surface area (Å²) in [5.74, 6) is -0.467. The van der Waals surface area contributed by atoms with Crippen LogP contribution in [-0.4, -0.2) is 25.5 Å². The average Bonchev–Trinajstić information content (AvgIpc) is 3.43. The zero-order valence-electron chi connectivity index (χ0n) is 16.4. The van der Waals surface area contributed by atoms with Crippen LogP contribution in [-0.2, 0) is 17.5 Å². The number of amides is 1. The Morgan fingerprint density at radius 1 is 1.27 bits per heavy atom. The topological polar surface area (TPSA) is 81.8 Å². The van der Waals surface area contributed by atoms with Crippen LogP contribution in [0.25, 0.3) is 10.9 Å². The SMILES string of the molecule is Cc1nn(CC(=O)NC(C)c2ccc(C(F)(F)F)cc2)c(=O)c2cnn(C3CC3)c12. The molecule has 0 radical (unpaired) electrons. The number of fused-ring (bicyclic) bond motifs is 1. The Morgan fingerprint density at radius 2 is 1.93 bits per heavy atom. The predicted octanol–water partition coefficient (Wildman–Crippen LogP) is 3.13. The lowest BCUT2D eigenvalue weighted by molar-refractivity contribution is -0.137. The van der Waals surface area contributed by atoms with Crippen LogP contribution in [0, 0.1) is 6.92 Å². The van der Waals surface area contributed by atoms with Crippen LogP contribution >= 0.6 is 0 Å². The third-order valence-electron chi connectivity index (χ3n) is 5.18. The Hall–Kier alpha value is -3.17. The molecule has 0 saturated heterocycles. The molecule has 10 heteroatoms. The standard InChI is InChI=1S/C20H20F3N5O2/c1-11(13-3-5-14(6-4-13)20(21,22)23)25-17(29)10-27-19(30)16-9-24-28(15-7-8-15)18(16)12(2)26-27/h3-6,9,11,15H,7-8,10H2,1-2H3,(H,25,29). The van der Waals surface area contributed by atoms with Crippen molar-refractivity contribution in [3.63, 3.8) is 0 Å². The van der Waals surface area contributed by atoms with Crippen LogP contribution < -0.4 is 10.9 Å². The predicted molar refractivity (Wildman–Crippen MR) is 103 cm³/mol. The first kappa shape index (κ1) is 20.1. The second-order valence-electron chi connectivity index (χ2n) is 7.54. The molecule has 3 aromatic rings. The van der Waals surface area contributed by atoms with Crippen molar-refractivity contribution in [3.8, 4) is 0 Å². The molecule has 1 aliphatic rings. The van der Waals surface area contributed by atoms with Crippen LogP contribution in [0.4, 0.5) is 13.2 Å². The highest BCUT2D eigenvalue weighted by atomic mass is 19.4. The maximum absolute atomic E-state index is 12.7. The minimum absolute atomic E-state index is 0.296. The van der Waals surface area contributed by atoms with Crippen molar-refractivity contribution in [2.24, 2.45) is 0 Å². The minimum Gasteiger partial charge on any atom is -0.348 e. The van der Waals surface area contributed by atoms with Gasteiger partial charge in [0.15, 0.2) is 0 Å². The summed E-state index contributed by atoms with van der Waals surface area (Å²) in [4.78, 5) is 25.2. The molecule has 0 aliphatic heterocycles. The average molecular weight is 419 g/mol. The number of aryl methyl sites for hydroxylation is 1. The van der Waals surface area contributed by atoms with Gasteiger partial charge in [-0.3, -0.25) is 14.3 Å². The molecule has 1 atom stereocenters. The summed E-state index contributed by atoms with van der Waals surface area (Å²) in [6, 6.07) is 4.35. The molecule has 4 rings (SSSR count). The molecule has 0 spiro atoms. The molecular weight excluding hydrogens is 399 g/mol. The fourth-order valence-corrected chi connectivity index (χ4v) is 3.46. The van der Waals surface area contributed by atoms with E-state index in [9.17, 15) is 22.8 Å². The lowest BCUT2D eigenvalue weighted by Crippen LogP contribution is -2.35. The van der Waals surface area contributed by atoms with E-state index in [1.54, 1.807) is 13.8 Å². The van der Waals surface area contributed by atoms with Crippen molar-refractivity contribution in [1.82, 2.24) is 24.9 Å². The van der Waals surface area contributed by atoms with Crippen molar-refractivity contribution in [2.75, 3.05) is 0 Å². The number of hydrogen-bond acceptors (Lipinski definition) is 4. The molecule has 30 heavy (non-hydrogen) atoms. The number of nitrogens with one attached hydrogen (secondary N) is 1. The van der Waals surface area contributed by atoms with E-state index in [0.717, 1.165) is 29.7 Å². The van der Waals surface area contributed by atoms with Gasteiger partial charge in [-0.1, -0.05) is 12.1 Å². The summed E-state index contributed by atoms with van der Waals surface area (Å²) in [6.45, 7) is 3.13. The number of hydrogen-bond donors (Lipinski definition) is 1. The first-order valence-electron chi connectivity index (χ1n) is 9.56. The minimum atomic E-state index is -4.42. The van der Waals surface area contributed by atoms with Gasteiger partial charge in [-0.15, -0.1) is 0 Å². The molecular formula is C20H20F3N5O2. The molecule has 1 amide bonds. The van der Waals surface area contributed by atoms with Crippen LogP contribution in [0.15, 0.2) is 35.3 Å². The summed E-state index contributed by atoms with van der Waals surface area (Å²) < 4.78 is 41.0. The highest BCUT2D eigenvalue weighted by molar-refractivity contribution is 5.80. The van der Waals surface area contributed by atoms with E-state index < -0.39 is 29.2 Å². The van der Waals surface area contributed by atoms with Gasteiger partial charge in [-0.2, -0.15) is 23.4 Å². The second kappa shape index (κ2) is 7.26. The molecule has 158 valence electrons. The summed E-state index contributed by atoms with van der Waals surface area (Å²) in [6.07, 6.45) is -0.876. The van der Waals surface area contributed by atoms with Crippen LogP contribution in [0.2, 0.25) is 0 Å². The first-order valence-corrected chi connectivity index (χ1v) is 9.56. The van der Waals surface area contributed by atoms with Crippen molar-refractivity contribution in [3.05, 3.63) is 57.6 Å². The Bertz CT molecular complexity index is 1160. The fraction of sp³-hybridized carbons (Fsp3) is 0.400. The van der Waals surface area contributed by atoms with Gasteiger partial charge in [0.25, 0.3) is 5.56 Å². The first-order chi connectivity index (χ1) is 14.1. The molecule has 1 N–H and O–H groups in total. The largest absolute Gasteiger partial charge is 0.416 e. The van der Waals surface area contributed by atoms with E-state index in [2.05, 4.69) is 15.5 Å². The van der Waals surface area contributed by atoms with E-state index in [1.165, 1.54) is 18.3 Å². The zero-order chi connectivity index (χ0) is 21.6. The summed E-state index contributed by atoms with van der Waals surface area (Å²) >= 11 is 0. The van der Waals surface area contributed by atoms with E-state index >= 15 is 0 Å². The summed E-state index contributed by atoms with van der Waals surface area (Å²) in [5.41, 5.74) is 0.666. The number of nitrogens with zero attached hydrogens (tertiary/aromatic N) is 4. The Morgan fingerprint density at radius 3 is 2.53 bits per heavy atom. The number of alkyl halides is 3. The van der Waals surface area contributed by atoms with Gasteiger partial charge in [0.05, 0.1) is 40.4 Å². The normalized spacial score (nSPS) is 15.4. The van der Waals surface area contributed by atoms with E-state index in [4.69, 9.17) is 0 Å². The van der Waals surface area contributed by atoms with Gasteiger partial charge >= 0.3 is 6.18 Å². The maximum Gasteiger partial charge on any atom is 0.416 e. The van der Waals surface area contributed by atoms with Gasteiger partial charge in [0, 0.05) is 0 Å². The highest BCUT2D eigenvalue weighted by Gasteiger charge is 2.30. The molecule has 7 nitrogen and oxygen atoms in total. The Labute approximate surface area is 169 Å². The third-order valence-corrected chi connectivity index (χ3v) is 5.18. The number of halogens is 3. The smallest absolute Gasteiger partial charge is 0.348 e. The molecule has 2 aromatic heterocycles. The third kappa shape index (κ3) is 3.81. The lowest BCUT2D eigenvalue weighted by atomic mass is 10.1. The van der Waals surface area contributed by atoms with Gasteiger partial charge in [-0.25, -0.2) is 4.68 Å². The van der Waals surface area contributed by atoms with E-state index in [-0.39, 0.29) is 6.54 Å². The van der Waals surface area contributed by atoms with Gasteiger partial charge in [-0.05, 0) is 44.4 Å². The van der Waals surface area contributed by atoms with Crippen molar-refractivity contribution in [1.29, 1.82) is 0 Å². The molecule has 1 saturated carbocycles. The van der Waals surface area contributed by atoms with Crippen LogP contribution in [0.1, 0.15) is 48.7 Å². The molecule has 2 heterocycles. The van der Waals surface area contributed by atoms with Gasteiger partial charge in [0.2, 0.25) is 5.91 Å². The number of carbonyl (C=O) groups is 1. The van der Waals surface area contributed by atoms with Gasteiger partial charge < -0.3 is 5.32 Å². The molecule has 1 aromatic carbocycles. The number of rotatable bonds is 5. The Kier molecular flexibility index (Phi) is 4.87. The van der Waals surface area contributed by atoms with Gasteiger partial charge in [0.1, 0.15) is 6.54 Å². The Balaban J connectivity index is 1.49. The molecule has 1 unspecified atom stereocenters. The number of carbonyl (C=O) groups excluding carboxylic acids is 1. The summed E-state index contributed by atoms with van der Waals surface area (Å²) in [5, 5.41) is 11.7. The quantitative estimate of drug-likeness (QED) is 0.689.